The fourth-order valence-corrected chi connectivity index (χ4v) is 3.25. The zero-order valence-corrected chi connectivity index (χ0v) is 13.5. The summed E-state index contributed by atoms with van der Waals surface area (Å²) in [5, 5.41) is 3.59. The second kappa shape index (κ2) is 6.78. The molecule has 2 aliphatic carbocycles. The first-order chi connectivity index (χ1) is 10.2. The van der Waals surface area contributed by atoms with Crippen molar-refractivity contribution in [3.63, 3.8) is 0 Å². The van der Waals surface area contributed by atoms with Gasteiger partial charge in [0.25, 0.3) is 0 Å². The highest BCUT2D eigenvalue weighted by molar-refractivity contribution is 5.36. The van der Waals surface area contributed by atoms with Crippen LogP contribution < -0.4 is 10.1 Å². The first kappa shape index (κ1) is 14.8. The van der Waals surface area contributed by atoms with Gasteiger partial charge in [0.2, 0.25) is 5.88 Å². The zero-order valence-electron chi connectivity index (χ0n) is 13.5. The number of rotatable bonds is 6. The second-order valence-corrected chi connectivity index (χ2v) is 6.83. The Balaban J connectivity index is 1.65. The van der Waals surface area contributed by atoms with Crippen LogP contribution in [0.25, 0.3) is 0 Å². The van der Waals surface area contributed by atoms with E-state index in [2.05, 4.69) is 30.2 Å². The Bertz CT molecular complexity index is 476. The highest BCUT2D eigenvalue weighted by Crippen LogP contribution is 2.27. The summed E-state index contributed by atoms with van der Waals surface area (Å²) >= 11 is 0. The minimum absolute atomic E-state index is 0.719. The molecule has 0 unspecified atom stereocenters. The fourth-order valence-electron chi connectivity index (χ4n) is 3.25. The molecule has 0 aliphatic heterocycles. The maximum absolute atomic E-state index is 6.14. The van der Waals surface area contributed by atoms with Gasteiger partial charge >= 0.3 is 0 Å². The van der Waals surface area contributed by atoms with Gasteiger partial charge < -0.3 is 10.1 Å². The van der Waals surface area contributed by atoms with E-state index in [0.29, 0.717) is 0 Å². The zero-order chi connectivity index (χ0) is 14.7. The number of pyridine rings is 1. The Kier molecular flexibility index (Phi) is 4.79. The van der Waals surface area contributed by atoms with Crippen LogP contribution in [0.3, 0.4) is 0 Å². The summed E-state index contributed by atoms with van der Waals surface area (Å²) in [6.45, 7) is 5.96. The van der Waals surface area contributed by atoms with Crippen molar-refractivity contribution >= 4 is 0 Å². The average Bonchev–Trinajstić information content (AvgIpc) is 3.29. The van der Waals surface area contributed by atoms with Crippen molar-refractivity contribution in [1.82, 2.24) is 10.3 Å². The smallest absolute Gasteiger partial charge is 0.218 e. The lowest BCUT2D eigenvalue weighted by Gasteiger charge is -2.22. The number of ether oxygens (including phenoxy) is 1. The van der Waals surface area contributed by atoms with E-state index in [1.807, 2.05) is 0 Å². The van der Waals surface area contributed by atoms with Crippen molar-refractivity contribution in [3.05, 3.63) is 22.9 Å². The van der Waals surface area contributed by atoms with Crippen molar-refractivity contribution in [1.29, 1.82) is 0 Å². The number of hydrogen-bond donors (Lipinski definition) is 1. The van der Waals surface area contributed by atoms with Gasteiger partial charge in [-0.25, -0.2) is 4.98 Å². The van der Waals surface area contributed by atoms with Crippen LogP contribution >= 0.6 is 0 Å². The summed E-state index contributed by atoms with van der Waals surface area (Å²) in [5.41, 5.74) is 3.61. The molecule has 3 rings (SSSR count). The van der Waals surface area contributed by atoms with E-state index in [1.54, 1.807) is 0 Å². The van der Waals surface area contributed by atoms with Crippen LogP contribution in [0.2, 0.25) is 0 Å². The topological polar surface area (TPSA) is 34.1 Å². The summed E-state index contributed by atoms with van der Waals surface area (Å²) in [6, 6.07) is 2.88. The Labute approximate surface area is 128 Å². The Morgan fingerprint density at radius 2 is 1.90 bits per heavy atom. The highest BCUT2D eigenvalue weighted by atomic mass is 16.5. The summed E-state index contributed by atoms with van der Waals surface area (Å²) in [7, 11) is 0. The molecule has 0 saturated heterocycles. The van der Waals surface area contributed by atoms with Crippen LogP contribution in [0.5, 0.6) is 5.88 Å². The third-order valence-corrected chi connectivity index (χ3v) is 4.76. The van der Waals surface area contributed by atoms with Crippen LogP contribution in [-0.4, -0.2) is 17.6 Å². The van der Waals surface area contributed by atoms with Gasteiger partial charge in [-0.1, -0.05) is 19.3 Å². The number of hydrogen-bond acceptors (Lipinski definition) is 3. The van der Waals surface area contributed by atoms with Gasteiger partial charge in [-0.3, -0.25) is 0 Å². The molecule has 2 saturated carbocycles. The average molecular weight is 288 g/mol. The highest BCUT2D eigenvalue weighted by Gasteiger charge is 2.22. The van der Waals surface area contributed by atoms with Crippen LogP contribution in [0, 0.1) is 19.8 Å². The van der Waals surface area contributed by atoms with E-state index < -0.39 is 0 Å². The SMILES string of the molecule is Cc1cc(C)c(CNC2CC2)c(OCC2CCCCC2)n1. The van der Waals surface area contributed by atoms with Crippen LogP contribution in [0.4, 0.5) is 0 Å². The summed E-state index contributed by atoms with van der Waals surface area (Å²) in [6.07, 6.45) is 9.40. The molecule has 3 heteroatoms. The Morgan fingerprint density at radius 3 is 2.62 bits per heavy atom. The number of aryl methyl sites for hydroxylation is 2. The molecule has 1 aromatic rings. The standard InChI is InChI=1S/C18H28N2O/c1-13-10-14(2)20-18(17(13)11-19-16-8-9-16)21-12-15-6-4-3-5-7-15/h10,15-16,19H,3-9,11-12H2,1-2H3. The van der Waals surface area contributed by atoms with Crippen molar-refractivity contribution in [2.75, 3.05) is 6.61 Å². The normalized spacial score (nSPS) is 19.7. The van der Waals surface area contributed by atoms with E-state index in [-0.39, 0.29) is 0 Å². The molecule has 2 fully saturated rings. The molecule has 0 spiro atoms. The summed E-state index contributed by atoms with van der Waals surface area (Å²) < 4.78 is 6.14. The third-order valence-electron chi connectivity index (χ3n) is 4.76. The maximum Gasteiger partial charge on any atom is 0.218 e. The predicted molar refractivity (Wildman–Crippen MR) is 85.6 cm³/mol. The van der Waals surface area contributed by atoms with E-state index in [1.165, 1.54) is 56.1 Å². The molecule has 3 nitrogen and oxygen atoms in total. The van der Waals surface area contributed by atoms with Crippen molar-refractivity contribution in [2.45, 2.75) is 71.4 Å². The van der Waals surface area contributed by atoms with Gasteiger partial charge in [-0.05, 0) is 57.1 Å². The molecule has 1 aromatic heterocycles. The van der Waals surface area contributed by atoms with Crippen molar-refractivity contribution in [3.8, 4) is 5.88 Å². The van der Waals surface area contributed by atoms with Gasteiger partial charge in [-0.2, -0.15) is 0 Å². The first-order valence-electron chi connectivity index (χ1n) is 8.55. The molecule has 2 aliphatic rings. The third kappa shape index (κ3) is 4.19. The largest absolute Gasteiger partial charge is 0.477 e. The lowest BCUT2D eigenvalue weighted by Crippen LogP contribution is -2.20. The molecule has 0 aromatic carbocycles. The molecule has 0 bridgehead atoms. The van der Waals surface area contributed by atoms with Crippen molar-refractivity contribution in [2.24, 2.45) is 5.92 Å². The molecule has 0 atom stereocenters. The number of nitrogens with one attached hydrogen (secondary N) is 1. The summed E-state index contributed by atoms with van der Waals surface area (Å²) in [4.78, 5) is 4.65. The minimum Gasteiger partial charge on any atom is -0.477 e. The van der Waals surface area contributed by atoms with Crippen LogP contribution in [0.15, 0.2) is 6.07 Å². The van der Waals surface area contributed by atoms with Gasteiger partial charge in [-0.15, -0.1) is 0 Å². The Hall–Kier alpha value is -1.09. The molecule has 0 radical (unpaired) electrons. The quantitative estimate of drug-likeness (QED) is 0.861. The van der Waals surface area contributed by atoms with Crippen LogP contribution in [0.1, 0.15) is 61.8 Å². The molecular weight excluding hydrogens is 260 g/mol. The number of aromatic nitrogens is 1. The second-order valence-electron chi connectivity index (χ2n) is 6.83. The monoisotopic (exact) mass is 288 g/mol. The lowest BCUT2D eigenvalue weighted by atomic mass is 9.90. The van der Waals surface area contributed by atoms with Crippen molar-refractivity contribution < 1.29 is 4.74 Å². The van der Waals surface area contributed by atoms with E-state index >= 15 is 0 Å². The molecular formula is C18H28N2O. The van der Waals surface area contributed by atoms with E-state index in [0.717, 1.165) is 36.7 Å². The molecule has 1 N–H and O–H groups in total. The first-order valence-corrected chi connectivity index (χ1v) is 8.55. The Morgan fingerprint density at radius 1 is 1.14 bits per heavy atom. The summed E-state index contributed by atoms with van der Waals surface area (Å²) in [5.74, 6) is 1.59. The lowest BCUT2D eigenvalue weighted by molar-refractivity contribution is 0.200. The van der Waals surface area contributed by atoms with E-state index in [4.69, 9.17) is 4.74 Å². The molecule has 0 amide bonds. The molecule has 21 heavy (non-hydrogen) atoms. The fraction of sp³-hybridized carbons (Fsp3) is 0.722. The maximum atomic E-state index is 6.14. The number of nitrogens with zero attached hydrogens (tertiary/aromatic N) is 1. The van der Waals surface area contributed by atoms with Gasteiger partial charge in [0.05, 0.1) is 6.61 Å². The predicted octanol–water partition coefficient (Wildman–Crippen LogP) is 3.91. The minimum atomic E-state index is 0.719. The van der Waals surface area contributed by atoms with Gasteiger partial charge in [0, 0.05) is 23.8 Å². The van der Waals surface area contributed by atoms with E-state index in [9.17, 15) is 0 Å². The van der Waals surface area contributed by atoms with Crippen LogP contribution in [-0.2, 0) is 6.54 Å². The van der Waals surface area contributed by atoms with Gasteiger partial charge in [0.1, 0.15) is 0 Å². The van der Waals surface area contributed by atoms with Gasteiger partial charge in [0.15, 0.2) is 0 Å². The molecule has 1 heterocycles. The molecule has 116 valence electrons.